The van der Waals surface area contributed by atoms with Crippen molar-refractivity contribution in [3.8, 4) is 0 Å². The van der Waals surface area contributed by atoms with Gasteiger partial charge in [0.05, 0.1) is 0 Å². The largest absolute Gasteiger partial charge is 0.354 e. The fourth-order valence-electron chi connectivity index (χ4n) is 2.02. The van der Waals surface area contributed by atoms with E-state index in [-0.39, 0.29) is 0 Å². The van der Waals surface area contributed by atoms with Crippen molar-refractivity contribution in [3.63, 3.8) is 0 Å². The summed E-state index contributed by atoms with van der Waals surface area (Å²) < 4.78 is 2.85. The maximum Gasteiger partial charge on any atom is 0.0282 e. The third-order valence-electron chi connectivity index (χ3n) is 3.31. The van der Waals surface area contributed by atoms with Gasteiger partial charge in [-0.05, 0) is 37.1 Å². The number of nitrogens with one attached hydrogen (secondary N) is 1. The average molecular weight is 238 g/mol. The van der Waals surface area contributed by atoms with Gasteiger partial charge < -0.3 is 9.88 Å². The van der Waals surface area contributed by atoms with Crippen LogP contribution in [0.2, 0.25) is 0 Å². The number of hydrogen-bond acceptors (Lipinski definition) is 2. The predicted octanol–water partition coefficient (Wildman–Crippen LogP) is 2.88. The van der Waals surface area contributed by atoms with Crippen LogP contribution in [0.25, 0.3) is 0 Å². The molecule has 0 bridgehead atoms. The fourth-order valence-corrected chi connectivity index (χ4v) is 2.78. The molecule has 1 aliphatic carbocycles. The van der Waals surface area contributed by atoms with Crippen LogP contribution in [-0.4, -0.2) is 22.1 Å². The second-order valence-corrected chi connectivity index (χ2v) is 6.02. The van der Waals surface area contributed by atoms with Gasteiger partial charge in [-0.15, -0.1) is 0 Å². The van der Waals surface area contributed by atoms with E-state index >= 15 is 0 Å². The molecule has 0 amide bonds. The summed E-state index contributed by atoms with van der Waals surface area (Å²) in [6.45, 7) is 5.52. The lowest BCUT2D eigenvalue weighted by molar-refractivity contribution is 0.653. The van der Waals surface area contributed by atoms with Crippen LogP contribution >= 0.6 is 11.8 Å². The van der Waals surface area contributed by atoms with Crippen LogP contribution in [0.5, 0.6) is 0 Å². The Morgan fingerprint density at radius 3 is 2.94 bits per heavy atom. The zero-order valence-electron chi connectivity index (χ0n) is 10.3. The molecule has 2 rings (SSSR count). The zero-order valence-corrected chi connectivity index (χ0v) is 11.1. The van der Waals surface area contributed by atoms with Gasteiger partial charge in [0, 0.05) is 36.8 Å². The molecule has 1 aromatic rings. The highest BCUT2D eigenvalue weighted by Gasteiger charge is 2.41. The van der Waals surface area contributed by atoms with Crippen LogP contribution < -0.4 is 5.32 Å². The molecule has 1 heterocycles. The maximum atomic E-state index is 3.58. The molecule has 0 spiro atoms. The van der Waals surface area contributed by atoms with Gasteiger partial charge in [0.1, 0.15) is 0 Å². The summed E-state index contributed by atoms with van der Waals surface area (Å²) in [5.74, 6) is 0. The number of aromatic nitrogens is 1. The minimum absolute atomic E-state index is 0.575. The first kappa shape index (κ1) is 12.1. The highest BCUT2D eigenvalue weighted by molar-refractivity contribution is 8.00. The third-order valence-corrected chi connectivity index (χ3v) is 4.73. The van der Waals surface area contributed by atoms with Gasteiger partial charge >= 0.3 is 0 Å². The Labute approximate surface area is 103 Å². The Balaban J connectivity index is 1.72. The van der Waals surface area contributed by atoms with Crippen molar-refractivity contribution >= 4 is 11.8 Å². The van der Waals surface area contributed by atoms with Crippen LogP contribution in [0.15, 0.2) is 18.5 Å². The molecule has 0 aromatic carbocycles. The van der Waals surface area contributed by atoms with Crippen LogP contribution in [0.3, 0.4) is 0 Å². The van der Waals surface area contributed by atoms with Crippen molar-refractivity contribution in [1.29, 1.82) is 0 Å². The van der Waals surface area contributed by atoms with E-state index in [1.807, 2.05) is 11.8 Å². The minimum atomic E-state index is 0.575. The van der Waals surface area contributed by atoms with Gasteiger partial charge in [0.25, 0.3) is 0 Å². The van der Waals surface area contributed by atoms with Crippen LogP contribution in [0.4, 0.5) is 0 Å². The highest BCUT2D eigenvalue weighted by atomic mass is 32.2. The lowest BCUT2D eigenvalue weighted by atomic mass is 10.3. The van der Waals surface area contributed by atoms with E-state index in [0.29, 0.717) is 4.75 Å². The first-order valence-electron chi connectivity index (χ1n) is 6.18. The Bertz CT molecular complexity index is 328. The minimum Gasteiger partial charge on any atom is -0.354 e. The van der Waals surface area contributed by atoms with Gasteiger partial charge in [-0.25, -0.2) is 0 Å². The van der Waals surface area contributed by atoms with Crippen molar-refractivity contribution in [2.75, 3.05) is 12.8 Å². The Morgan fingerprint density at radius 1 is 1.50 bits per heavy atom. The standard InChI is InChI=1S/C13H22N2S/c1-3-7-15-8-4-12(10-15)9-14-11-13(16-2)5-6-13/h4,8,10,14H,3,5-7,9,11H2,1-2H3. The molecule has 0 radical (unpaired) electrons. The molecule has 1 N–H and O–H groups in total. The molecule has 1 fully saturated rings. The number of hydrogen-bond donors (Lipinski definition) is 1. The van der Waals surface area contributed by atoms with E-state index in [1.165, 1.54) is 24.8 Å². The molecule has 1 aromatic heterocycles. The number of thioether (sulfide) groups is 1. The molecule has 0 unspecified atom stereocenters. The lowest BCUT2D eigenvalue weighted by Gasteiger charge is -2.12. The molecule has 16 heavy (non-hydrogen) atoms. The number of aryl methyl sites for hydroxylation is 1. The predicted molar refractivity (Wildman–Crippen MR) is 71.9 cm³/mol. The molecule has 3 heteroatoms. The van der Waals surface area contributed by atoms with Crippen LogP contribution in [-0.2, 0) is 13.1 Å². The molecule has 0 saturated heterocycles. The van der Waals surface area contributed by atoms with Crippen molar-refractivity contribution in [3.05, 3.63) is 24.0 Å². The summed E-state index contributed by atoms with van der Waals surface area (Å²) in [5.41, 5.74) is 1.41. The Hall–Kier alpha value is -0.410. The molecule has 90 valence electrons. The smallest absolute Gasteiger partial charge is 0.0282 e. The number of nitrogens with zero attached hydrogens (tertiary/aromatic N) is 1. The van der Waals surface area contributed by atoms with Gasteiger partial charge in [-0.3, -0.25) is 0 Å². The highest BCUT2D eigenvalue weighted by Crippen LogP contribution is 2.46. The summed E-state index contributed by atoms with van der Waals surface area (Å²) in [7, 11) is 0. The van der Waals surface area contributed by atoms with E-state index in [0.717, 1.165) is 19.6 Å². The van der Waals surface area contributed by atoms with Crippen LogP contribution in [0, 0.1) is 0 Å². The first-order valence-corrected chi connectivity index (χ1v) is 7.41. The molecule has 0 atom stereocenters. The van der Waals surface area contributed by atoms with Gasteiger partial charge in [-0.1, -0.05) is 6.92 Å². The maximum absolute atomic E-state index is 3.58. The molecule has 0 aliphatic heterocycles. The van der Waals surface area contributed by atoms with Crippen LogP contribution in [0.1, 0.15) is 31.7 Å². The number of rotatable bonds is 7. The van der Waals surface area contributed by atoms with Gasteiger partial charge in [-0.2, -0.15) is 11.8 Å². The van der Waals surface area contributed by atoms with Gasteiger partial charge in [0.15, 0.2) is 0 Å². The summed E-state index contributed by atoms with van der Waals surface area (Å²) in [5, 5.41) is 3.58. The average Bonchev–Trinajstić information content (AvgIpc) is 2.94. The van der Waals surface area contributed by atoms with Crippen molar-refractivity contribution in [1.82, 2.24) is 9.88 Å². The zero-order chi connectivity index (χ0) is 11.4. The normalized spacial score (nSPS) is 17.6. The molecular formula is C13H22N2S. The first-order chi connectivity index (χ1) is 7.78. The summed E-state index contributed by atoms with van der Waals surface area (Å²) in [4.78, 5) is 0. The second kappa shape index (κ2) is 5.28. The second-order valence-electron chi connectivity index (χ2n) is 4.75. The quantitative estimate of drug-likeness (QED) is 0.786. The monoisotopic (exact) mass is 238 g/mol. The van der Waals surface area contributed by atoms with E-state index in [1.54, 1.807) is 0 Å². The summed E-state index contributed by atoms with van der Waals surface area (Å²) >= 11 is 2.02. The van der Waals surface area contributed by atoms with Crippen molar-refractivity contribution in [2.24, 2.45) is 0 Å². The Kier molecular flexibility index (Phi) is 3.98. The Morgan fingerprint density at radius 2 is 2.31 bits per heavy atom. The molecular weight excluding hydrogens is 216 g/mol. The third kappa shape index (κ3) is 3.05. The van der Waals surface area contributed by atoms with E-state index in [2.05, 4.69) is 41.5 Å². The summed E-state index contributed by atoms with van der Waals surface area (Å²) in [6.07, 6.45) is 10.6. The molecule has 1 aliphatic rings. The topological polar surface area (TPSA) is 17.0 Å². The lowest BCUT2D eigenvalue weighted by Crippen LogP contribution is -2.25. The van der Waals surface area contributed by atoms with E-state index in [4.69, 9.17) is 0 Å². The van der Waals surface area contributed by atoms with Crippen molar-refractivity contribution < 1.29 is 0 Å². The SMILES string of the molecule is CCCn1ccc(CNCC2(SC)CC2)c1. The van der Waals surface area contributed by atoms with E-state index < -0.39 is 0 Å². The molecule has 1 saturated carbocycles. The van der Waals surface area contributed by atoms with Gasteiger partial charge in [0.2, 0.25) is 0 Å². The van der Waals surface area contributed by atoms with E-state index in [9.17, 15) is 0 Å². The molecule has 2 nitrogen and oxygen atoms in total. The van der Waals surface area contributed by atoms with Crippen molar-refractivity contribution in [2.45, 2.75) is 44.0 Å². The summed E-state index contributed by atoms with van der Waals surface area (Å²) in [6, 6.07) is 2.22. The fraction of sp³-hybridized carbons (Fsp3) is 0.692.